The molecule has 1 atom stereocenters. The van der Waals surface area contributed by atoms with Gasteiger partial charge in [-0.15, -0.1) is 0 Å². The highest BCUT2D eigenvalue weighted by Crippen LogP contribution is 2.23. The minimum atomic E-state index is 0.0587. The molecule has 5 nitrogen and oxygen atoms in total. The van der Waals surface area contributed by atoms with Crippen LogP contribution in [0.25, 0.3) is 0 Å². The molecule has 2 aliphatic rings. The Labute approximate surface area is 132 Å². The van der Waals surface area contributed by atoms with Gasteiger partial charge in [0.15, 0.2) is 0 Å². The Morgan fingerprint density at radius 3 is 2.77 bits per heavy atom. The van der Waals surface area contributed by atoms with Crippen molar-refractivity contribution in [1.82, 2.24) is 14.9 Å². The number of rotatable bonds is 4. The minimum absolute atomic E-state index is 0.0587. The highest BCUT2D eigenvalue weighted by atomic mass is 16.2. The normalized spacial score (nSPS) is 22.8. The van der Waals surface area contributed by atoms with Crippen LogP contribution in [-0.4, -0.2) is 39.4 Å². The maximum atomic E-state index is 12.8. The smallest absolute Gasteiger partial charge is 0.272 e. The van der Waals surface area contributed by atoms with Crippen LogP contribution in [0.15, 0.2) is 12.4 Å². The third-order valence-corrected chi connectivity index (χ3v) is 4.95. The molecule has 1 aliphatic carbocycles. The fourth-order valence-corrected chi connectivity index (χ4v) is 3.67. The zero-order valence-electron chi connectivity index (χ0n) is 13.4. The molecular formula is C17H26N4O. The first-order valence-corrected chi connectivity index (χ1v) is 8.67. The van der Waals surface area contributed by atoms with Gasteiger partial charge in [-0.2, -0.15) is 0 Å². The SMILES string of the molecule is CCC1CCCCN1C(=O)c1cc(NC2CCCC2)ncn1. The molecule has 2 heterocycles. The van der Waals surface area contributed by atoms with Crippen LogP contribution in [0.5, 0.6) is 0 Å². The van der Waals surface area contributed by atoms with Gasteiger partial charge in [-0.1, -0.05) is 19.8 Å². The average molecular weight is 302 g/mol. The van der Waals surface area contributed by atoms with Gasteiger partial charge >= 0.3 is 0 Å². The molecule has 0 bridgehead atoms. The van der Waals surface area contributed by atoms with Gasteiger partial charge in [0, 0.05) is 24.7 Å². The fraction of sp³-hybridized carbons (Fsp3) is 0.706. The Morgan fingerprint density at radius 2 is 2.00 bits per heavy atom. The van der Waals surface area contributed by atoms with Crippen molar-refractivity contribution in [3.63, 3.8) is 0 Å². The van der Waals surface area contributed by atoms with E-state index in [2.05, 4.69) is 22.2 Å². The van der Waals surface area contributed by atoms with Crippen LogP contribution in [-0.2, 0) is 0 Å². The maximum Gasteiger partial charge on any atom is 0.272 e. The van der Waals surface area contributed by atoms with E-state index in [1.165, 1.54) is 38.4 Å². The monoisotopic (exact) mass is 302 g/mol. The van der Waals surface area contributed by atoms with Crippen molar-refractivity contribution in [2.45, 2.75) is 70.4 Å². The Bertz CT molecular complexity index is 513. The Kier molecular flexibility index (Phi) is 4.90. The second-order valence-corrected chi connectivity index (χ2v) is 6.47. The van der Waals surface area contributed by atoms with E-state index < -0.39 is 0 Å². The summed E-state index contributed by atoms with van der Waals surface area (Å²) in [6, 6.07) is 2.68. The molecule has 3 rings (SSSR count). The first-order valence-electron chi connectivity index (χ1n) is 8.67. The summed E-state index contributed by atoms with van der Waals surface area (Å²) in [6.07, 6.45) is 10.9. The fourth-order valence-electron chi connectivity index (χ4n) is 3.67. The van der Waals surface area contributed by atoms with Crippen LogP contribution in [0.1, 0.15) is 68.8 Å². The van der Waals surface area contributed by atoms with Gasteiger partial charge in [-0.25, -0.2) is 9.97 Å². The Hall–Kier alpha value is -1.65. The lowest BCUT2D eigenvalue weighted by Gasteiger charge is -2.35. The van der Waals surface area contributed by atoms with Crippen LogP contribution in [0.2, 0.25) is 0 Å². The summed E-state index contributed by atoms with van der Waals surface area (Å²) in [5, 5.41) is 3.44. The van der Waals surface area contributed by atoms with Crippen LogP contribution in [0, 0.1) is 0 Å². The molecule has 22 heavy (non-hydrogen) atoms. The third kappa shape index (κ3) is 3.39. The molecule has 0 radical (unpaired) electrons. The van der Waals surface area contributed by atoms with E-state index in [-0.39, 0.29) is 5.91 Å². The summed E-state index contributed by atoms with van der Waals surface area (Å²) in [5.74, 6) is 0.846. The van der Waals surface area contributed by atoms with E-state index in [4.69, 9.17) is 0 Å². The summed E-state index contributed by atoms with van der Waals surface area (Å²) in [7, 11) is 0. The Balaban J connectivity index is 1.71. The molecule has 120 valence electrons. The number of nitrogens with zero attached hydrogens (tertiary/aromatic N) is 3. The van der Waals surface area contributed by atoms with Crippen molar-refractivity contribution in [3.05, 3.63) is 18.1 Å². The van der Waals surface area contributed by atoms with Crippen molar-refractivity contribution in [3.8, 4) is 0 Å². The second kappa shape index (κ2) is 7.07. The zero-order chi connectivity index (χ0) is 15.4. The lowest BCUT2D eigenvalue weighted by molar-refractivity contribution is 0.0602. The van der Waals surface area contributed by atoms with Gasteiger partial charge < -0.3 is 10.2 Å². The molecule has 1 aromatic heterocycles. The molecule has 2 fully saturated rings. The standard InChI is InChI=1S/C17H26N4O/c1-2-14-9-5-6-10-21(14)17(22)15-11-16(19-12-18-15)20-13-7-3-4-8-13/h11-14H,2-10H2,1H3,(H,18,19,20). The van der Waals surface area contributed by atoms with E-state index in [1.54, 1.807) is 0 Å². The second-order valence-electron chi connectivity index (χ2n) is 6.47. The van der Waals surface area contributed by atoms with Crippen molar-refractivity contribution in [2.75, 3.05) is 11.9 Å². The van der Waals surface area contributed by atoms with Crippen molar-refractivity contribution in [1.29, 1.82) is 0 Å². The van der Waals surface area contributed by atoms with E-state index >= 15 is 0 Å². The molecule has 1 unspecified atom stereocenters. The first-order chi connectivity index (χ1) is 10.8. The third-order valence-electron chi connectivity index (χ3n) is 4.95. The molecule has 5 heteroatoms. The number of likely N-dealkylation sites (tertiary alicyclic amines) is 1. The Morgan fingerprint density at radius 1 is 1.23 bits per heavy atom. The van der Waals surface area contributed by atoms with Crippen LogP contribution in [0.4, 0.5) is 5.82 Å². The van der Waals surface area contributed by atoms with E-state index in [0.717, 1.165) is 31.6 Å². The number of carbonyl (C=O) groups is 1. The maximum absolute atomic E-state index is 12.8. The quantitative estimate of drug-likeness (QED) is 0.927. The van der Waals surface area contributed by atoms with Gasteiger partial charge in [0.25, 0.3) is 5.91 Å². The summed E-state index contributed by atoms with van der Waals surface area (Å²) in [6.45, 7) is 3.01. The number of amides is 1. The molecule has 1 N–H and O–H groups in total. The van der Waals surface area contributed by atoms with Crippen LogP contribution in [0.3, 0.4) is 0 Å². The molecule has 1 aliphatic heterocycles. The van der Waals surface area contributed by atoms with E-state index in [9.17, 15) is 4.79 Å². The lowest BCUT2D eigenvalue weighted by atomic mass is 9.99. The van der Waals surface area contributed by atoms with Crippen molar-refractivity contribution in [2.24, 2.45) is 0 Å². The predicted molar refractivity (Wildman–Crippen MR) is 86.9 cm³/mol. The van der Waals surface area contributed by atoms with Gasteiger partial charge in [-0.05, 0) is 38.5 Å². The lowest BCUT2D eigenvalue weighted by Crippen LogP contribution is -2.43. The highest BCUT2D eigenvalue weighted by molar-refractivity contribution is 5.93. The van der Waals surface area contributed by atoms with Gasteiger partial charge in [0.05, 0.1) is 0 Å². The molecule has 1 aromatic rings. The highest BCUT2D eigenvalue weighted by Gasteiger charge is 2.27. The number of aromatic nitrogens is 2. The molecule has 1 amide bonds. The van der Waals surface area contributed by atoms with Gasteiger partial charge in [0.1, 0.15) is 17.8 Å². The molecule has 0 aromatic carbocycles. The number of hydrogen-bond acceptors (Lipinski definition) is 4. The average Bonchev–Trinajstić information content (AvgIpc) is 3.07. The first kappa shape index (κ1) is 15.3. The van der Waals surface area contributed by atoms with E-state index in [0.29, 0.717) is 17.8 Å². The van der Waals surface area contributed by atoms with E-state index in [1.807, 2.05) is 11.0 Å². The van der Waals surface area contributed by atoms with Crippen LogP contribution < -0.4 is 5.32 Å². The zero-order valence-corrected chi connectivity index (χ0v) is 13.4. The number of hydrogen-bond donors (Lipinski definition) is 1. The van der Waals surface area contributed by atoms with Crippen molar-refractivity contribution >= 4 is 11.7 Å². The van der Waals surface area contributed by atoms with Crippen LogP contribution >= 0.6 is 0 Å². The topological polar surface area (TPSA) is 58.1 Å². The molecule has 1 saturated carbocycles. The largest absolute Gasteiger partial charge is 0.367 e. The predicted octanol–water partition coefficient (Wildman–Crippen LogP) is 3.24. The number of anilines is 1. The van der Waals surface area contributed by atoms with Gasteiger partial charge in [-0.3, -0.25) is 4.79 Å². The summed E-state index contributed by atoms with van der Waals surface area (Å²) >= 11 is 0. The molecular weight excluding hydrogens is 276 g/mol. The number of piperidine rings is 1. The summed E-state index contributed by atoms with van der Waals surface area (Å²) < 4.78 is 0. The summed E-state index contributed by atoms with van der Waals surface area (Å²) in [5.41, 5.74) is 0.524. The minimum Gasteiger partial charge on any atom is -0.367 e. The van der Waals surface area contributed by atoms with Gasteiger partial charge in [0.2, 0.25) is 0 Å². The molecule has 0 spiro atoms. The molecule has 1 saturated heterocycles. The number of nitrogens with one attached hydrogen (secondary N) is 1. The van der Waals surface area contributed by atoms with Crippen molar-refractivity contribution < 1.29 is 4.79 Å². The number of carbonyl (C=O) groups excluding carboxylic acids is 1. The summed E-state index contributed by atoms with van der Waals surface area (Å²) in [4.78, 5) is 23.3.